The lowest BCUT2D eigenvalue weighted by molar-refractivity contribution is -0.130. The van der Waals surface area contributed by atoms with Crippen molar-refractivity contribution in [3.8, 4) is 0 Å². The molecular weight excluding hydrogens is 226 g/mol. The Hall–Kier alpha value is -0.610. The van der Waals surface area contributed by atoms with Gasteiger partial charge in [-0.15, -0.1) is 0 Å². The molecule has 4 nitrogen and oxygen atoms in total. The van der Waals surface area contributed by atoms with Crippen molar-refractivity contribution in [1.29, 1.82) is 0 Å². The number of nitrogens with two attached hydrogens (primary N) is 1. The van der Waals surface area contributed by atoms with Crippen LogP contribution in [0.2, 0.25) is 0 Å². The fourth-order valence-corrected chi connectivity index (χ4v) is 2.64. The lowest BCUT2D eigenvalue weighted by Crippen LogP contribution is -2.33. The quantitative estimate of drug-likeness (QED) is 0.743. The SMILES string of the molecule is CC(CN)CN(C)C(=O)CCCC1CCN(C)C1. The molecule has 1 heterocycles. The van der Waals surface area contributed by atoms with Gasteiger partial charge in [0.15, 0.2) is 0 Å². The van der Waals surface area contributed by atoms with Crippen LogP contribution in [0.15, 0.2) is 0 Å². The molecule has 0 aromatic rings. The second-order valence-corrected chi connectivity index (χ2v) is 5.92. The highest BCUT2D eigenvalue weighted by Crippen LogP contribution is 2.20. The maximum Gasteiger partial charge on any atom is 0.222 e. The van der Waals surface area contributed by atoms with Crippen LogP contribution in [0, 0.1) is 11.8 Å². The summed E-state index contributed by atoms with van der Waals surface area (Å²) in [5, 5.41) is 0. The highest BCUT2D eigenvalue weighted by molar-refractivity contribution is 5.75. The third-order valence-corrected chi connectivity index (χ3v) is 3.91. The lowest BCUT2D eigenvalue weighted by Gasteiger charge is -2.21. The zero-order valence-corrected chi connectivity index (χ0v) is 12.2. The van der Waals surface area contributed by atoms with Crippen LogP contribution in [-0.4, -0.2) is 56.0 Å². The molecule has 2 N–H and O–H groups in total. The smallest absolute Gasteiger partial charge is 0.222 e. The largest absolute Gasteiger partial charge is 0.345 e. The van der Waals surface area contributed by atoms with E-state index in [1.54, 1.807) is 0 Å². The van der Waals surface area contributed by atoms with Gasteiger partial charge in [-0.2, -0.15) is 0 Å². The molecule has 0 radical (unpaired) electrons. The van der Waals surface area contributed by atoms with Crippen LogP contribution in [-0.2, 0) is 4.79 Å². The summed E-state index contributed by atoms with van der Waals surface area (Å²) in [6.45, 7) is 5.92. The van der Waals surface area contributed by atoms with Gasteiger partial charge in [0.1, 0.15) is 0 Å². The van der Waals surface area contributed by atoms with E-state index in [1.807, 2.05) is 11.9 Å². The van der Waals surface area contributed by atoms with Crippen LogP contribution in [0.5, 0.6) is 0 Å². The third kappa shape index (κ3) is 5.36. The first-order valence-electron chi connectivity index (χ1n) is 7.15. The summed E-state index contributed by atoms with van der Waals surface area (Å²) in [6, 6.07) is 0. The summed E-state index contributed by atoms with van der Waals surface area (Å²) in [7, 11) is 4.06. The average molecular weight is 255 g/mol. The zero-order chi connectivity index (χ0) is 13.5. The van der Waals surface area contributed by atoms with Gasteiger partial charge >= 0.3 is 0 Å². The fourth-order valence-electron chi connectivity index (χ4n) is 2.64. The van der Waals surface area contributed by atoms with Gasteiger partial charge in [-0.3, -0.25) is 4.79 Å². The zero-order valence-electron chi connectivity index (χ0n) is 12.2. The van der Waals surface area contributed by atoms with E-state index >= 15 is 0 Å². The number of carbonyl (C=O) groups excluding carboxylic acids is 1. The lowest BCUT2D eigenvalue weighted by atomic mass is 10.0. The molecule has 4 heteroatoms. The molecule has 1 rings (SSSR count). The van der Waals surface area contributed by atoms with E-state index in [9.17, 15) is 4.79 Å². The second-order valence-electron chi connectivity index (χ2n) is 5.92. The Morgan fingerprint density at radius 1 is 1.56 bits per heavy atom. The Balaban J connectivity index is 2.12. The molecule has 1 fully saturated rings. The molecule has 0 aromatic heterocycles. The summed E-state index contributed by atoms with van der Waals surface area (Å²) < 4.78 is 0. The second kappa shape index (κ2) is 7.74. The summed E-state index contributed by atoms with van der Waals surface area (Å²) in [4.78, 5) is 16.1. The van der Waals surface area contributed by atoms with Crippen molar-refractivity contribution in [2.45, 2.75) is 32.6 Å². The number of carbonyl (C=O) groups is 1. The highest BCUT2D eigenvalue weighted by Gasteiger charge is 2.19. The van der Waals surface area contributed by atoms with E-state index in [-0.39, 0.29) is 5.91 Å². The highest BCUT2D eigenvalue weighted by atomic mass is 16.2. The van der Waals surface area contributed by atoms with Crippen molar-refractivity contribution in [2.75, 3.05) is 40.3 Å². The monoisotopic (exact) mass is 255 g/mol. The van der Waals surface area contributed by atoms with Gasteiger partial charge in [0, 0.05) is 26.6 Å². The molecule has 0 bridgehead atoms. The number of likely N-dealkylation sites (tertiary alicyclic amines) is 1. The van der Waals surface area contributed by atoms with Crippen LogP contribution in [0.4, 0.5) is 0 Å². The van der Waals surface area contributed by atoms with Crippen molar-refractivity contribution in [2.24, 2.45) is 17.6 Å². The van der Waals surface area contributed by atoms with Gasteiger partial charge in [-0.1, -0.05) is 6.92 Å². The van der Waals surface area contributed by atoms with Gasteiger partial charge in [0.2, 0.25) is 5.91 Å². The van der Waals surface area contributed by atoms with E-state index in [2.05, 4.69) is 18.9 Å². The Bertz CT molecular complexity index is 257. The Labute approximate surface area is 111 Å². The Morgan fingerprint density at radius 2 is 2.28 bits per heavy atom. The van der Waals surface area contributed by atoms with E-state index in [4.69, 9.17) is 5.73 Å². The van der Waals surface area contributed by atoms with Crippen molar-refractivity contribution in [1.82, 2.24) is 9.80 Å². The first-order chi connectivity index (χ1) is 8.52. The number of hydrogen-bond acceptors (Lipinski definition) is 3. The minimum Gasteiger partial charge on any atom is -0.345 e. The Morgan fingerprint density at radius 3 is 2.83 bits per heavy atom. The van der Waals surface area contributed by atoms with Crippen molar-refractivity contribution >= 4 is 5.91 Å². The molecule has 1 saturated heterocycles. The van der Waals surface area contributed by atoms with Crippen molar-refractivity contribution in [3.05, 3.63) is 0 Å². The fraction of sp³-hybridized carbons (Fsp3) is 0.929. The van der Waals surface area contributed by atoms with Gasteiger partial charge < -0.3 is 15.5 Å². The predicted molar refractivity (Wildman–Crippen MR) is 75.3 cm³/mol. The normalized spacial score (nSPS) is 22.1. The number of hydrogen-bond donors (Lipinski definition) is 1. The molecule has 0 spiro atoms. The van der Waals surface area contributed by atoms with Gasteiger partial charge in [0.05, 0.1) is 0 Å². The van der Waals surface area contributed by atoms with Crippen molar-refractivity contribution < 1.29 is 4.79 Å². The summed E-state index contributed by atoms with van der Waals surface area (Å²) in [6.07, 6.45) is 4.20. The topological polar surface area (TPSA) is 49.6 Å². The minimum absolute atomic E-state index is 0.265. The summed E-state index contributed by atoms with van der Waals surface area (Å²) in [5.74, 6) is 1.46. The van der Waals surface area contributed by atoms with Gasteiger partial charge in [0.25, 0.3) is 0 Å². The van der Waals surface area contributed by atoms with Crippen LogP contribution in [0.1, 0.15) is 32.6 Å². The standard InChI is InChI=1S/C14H29N3O/c1-12(9-15)10-17(3)14(18)6-4-5-13-7-8-16(2)11-13/h12-13H,4-11,15H2,1-3H3. The van der Waals surface area contributed by atoms with Crippen LogP contribution >= 0.6 is 0 Å². The van der Waals surface area contributed by atoms with Crippen LogP contribution < -0.4 is 5.73 Å². The first-order valence-corrected chi connectivity index (χ1v) is 7.15. The number of nitrogens with zero attached hydrogens (tertiary/aromatic N) is 2. The van der Waals surface area contributed by atoms with Gasteiger partial charge in [-0.25, -0.2) is 0 Å². The predicted octanol–water partition coefficient (Wildman–Crippen LogP) is 1.16. The molecule has 0 aromatic carbocycles. The maximum absolute atomic E-state index is 11.9. The van der Waals surface area contributed by atoms with E-state index in [0.717, 1.165) is 18.9 Å². The van der Waals surface area contributed by atoms with Gasteiger partial charge in [-0.05, 0) is 51.2 Å². The summed E-state index contributed by atoms with van der Waals surface area (Å²) in [5.41, 5.74) is 5.57. The molecule has 1 aliphatic heterocycles. The van der Waals surface area contributed by atoms with E-state index in [0.29, 0.717) is 18.9 Å². The number of amides is 1. The summed E-state index contributed by atoms with van der Waals surface area (Å²) >= 11 is 0. The van der Waals surface area contributed by atoms with Crippen molar-refractivity contribution in [3.63, 3.8) is 0 Å². The molecule has 2 unspecified atom stereocenters. The Kier molecular flexibility index (Phi) is 6.65. The number of rotatable bonds is 7. The molecule has 106 valence electrons. The van der Waals surface area contributed by atoms with E-state index < -0.39 is 0 Å². The molecule has 0 aliphatic carbocycles. The van der Waals surface area contributed by atoms with Crippen LogP contribution in [0.3, 0.4) is 0 Å². The molecule has 2 atom stereocenters. The third-order valence-electron chi connectivity index (χ3n) is 3.91. The maximum atomic E-state index is 11.9. The van der Waals surface area contributed by atoms with Crippen LogP contribution in [0.25, 0.3) is 0 Å². The molecular formula is C14H29N3O. The minimum atomic E-state index is 0.265. The van der Waals surface area contributed by atoms with E-state index in [1.165, 1.54) is 25.9 Å². The molecule has 1 aliphatic rings. The molecule has 18 heavy (non-hydrogen) atoms. The first kappa shape index (κ1) is 15.4. The molecule has 0 saturated carbocycles. The molecule has 1 amide bonds. The average Bonchev–Trinajstić information content (AvgIpc) is 2.74.